The van der Waals surface area contributed by atoms with Gasteiger partial charge in [-0.3, -0.25) is 0 Å². The first kappa shape index (κ1) is 12.6. The molecular weight excluding hydrogens is 246 g/mol. The number of nitrogens with zero attached hydrogens (tertiary/aromatic N) is 3. The van der Waals surface area contributed by atoms with Gasteiger partial charge in [-0.25, -0.2) is 0 Å². The Kier molecular flexibility index (Phi) is 3.95. The Balaban J connectivity index is 2.24. The molecule has 0 aliphatic carbocycles. The third-order valence-corrected chi connectivity index (χ3v) is 2.79. The molecule has 3 nitrogen and oxygen atoms in total. The van der Waals surface area contributed by atoms with Crippen LogP contribution < -0.4 is 4.90 Å². The summed E-state index contributed by atoms with van der Waals surface area (Å²) in [5.74, 6) is 0. The molecule has 2 aromatic rings. The Morgan fingerprint density at radius 1 is 0.944 bits per heavy atom. The van der Waals surface area contributed by atoms with Gasteiger partial charge in [-0.15, -0.1) is 5.11 Å². The van der Waals surface area contributed by atoms with Gasteiger partial charge in [0.15, 0.2) is 0 Å². The van der Waals surface area contributed by atoms with Crippen LogP contribution in [0.1, 0.15) is 0 Å². The second kappa shape index (κ2) is 5.65. The molecule has 18 heavy (non-hydrogen) atoms. The number of anilines is 1. The maximum absolute atomic E-state index is 6.01. The Morgan fingerprint density at radius 2 is 1.72 bits per heavy atom. The molecule has 92 valence electrons. The molecular formula is C14H14ClN3. The fourth-order valence-electron chi connectivity index (χ4n) is 1.48. The largest absolute Gasteiger partial charge is 0.378 e. The number of azo groups is 1. The lowest BCUT2D eigenvalue weighted by Crippen LogP contribution is -2.07. The van der Waals surface area contributed by atoms with E-state index in [0.29, 0.717) is 10.7 Å². The highest BCUT2D eigenvalue weighted by molar-refractivity contribution is 6.32. The van der Waals surface area contributed by atoms with E-state index in [0.717, 1.165) is 11.4 Å². The summed E-state index contributed by atoms with van der Waals surface area (Å²) >= 11 is 6.01. The van der Waals surface area contributed by atoms with E-state index in [4.69, 9.17) is 11.6 Å². The summed E-state index contributed by atoms with van der Waals surface area (Å²) in [5.41, 5.74) is 2.57. The van der Waals surface area contributed by atoms with E-state index >= 15 is 0 Å². The summed E-state index contributed by atoms with van der Waals surface area (Å²) in [6.45, 7) is 0. The van der Waals surface area contributed by atoms with Crippen LogP contribution in [0.4, 0.5) is 17.1 Å². The smallest absolute Gasteiger partial charge is 0.104 e. The number of hydrogen-bond acceptors (Lipinski definition) is 3. The zero-order chi connectivity index (χ0) is 13.0. The number of rotatable bonds is 3. The third kappa shape index (κ3) is 3.08. The van der Waals surface area contributed by atoms with Gasteiger partial charge < -0.3 is 4.90 Å². The molecule has 0 aliphatic rings. The molecule has 0 aromatic heterocycles. The molecule has 0 saturated heterocycles. The average Bonchev–Trinajstić information content (AvgIpc) is 2.38. The van der Waals surface area contributed by atoms with Crippen molar-refractivity contribution in [2.75, 3.05) is 19.0 Å². The summed E-state index contributed by atoms with van der Waals surface area (Å²) in [7, 11) is 3.98. The van der Waals surface area contributed by atoms with Gasteiger partial charge in [-0.05, 0) is 30.3 Å². The Hall–Kier alpha value is -1.87. The molecule has 0 aliphatic heterocycles. The lowest BCUT2D eigenvalue weighted by molar-refractivity contribution is 1.13. The second-order valence-corrected chi connectivity index (χ2v) is 4.47. The molecule has 2 rings (SSSR count). The average molecular weight is 260 g/mol. The van der Waals surface area contributed by atoms with Gasteiger partial charge in [0.2, 0.25) is 0 Å². The first-order valence-electron chi connectivity index (χ1n) is 5.60. The summed E-state index contributed by atoms with van der Waals surface area (Å²) in [5, 5.41) is 8.95. The molecule has 0 bridgehead atoms. The maximum atomic E-state index is 6.01. The van der Waals surface area contributed by atoms with Gasteiger partial charge in [0, 0.05) is 19.8 Å². The van der Waals surface area contributed by atoms with E-state index in [1.54, 1.807) is 6.07 Å². The van der Waals surface area contributed by atoms with Crippen molar-refractivity contribution in [3.05, 3.63) is 53.6 Å². The molecule has 0 atom stereocenters. The minimum Gasteiger partial charge on any atom is -0.378 e. The van der Waals surface area contributed by atoms with Crippen molar-refractivity contribution < 1.29 is 0 Å². The highest BCUT2D eigenvalue weighted by Crippen LogP contribution is 2.27. The van der Waals surface area contributed by atoms with Gasteiger partial charge >= 0.3 is 0 Å². The van der Waals surface area contributed by atoms with Gasteiger partial charge in [0.25, 0.3) is 0 Å². The minimum atomic E-state index is 0.602. The normalized spacial score (nSPS) is 10.8. The summed E-state index contributed by atoms with van der Waals surface area (Å²) in [6, 6.07) is 15.2. The molecule has 0 N–H and O–H groups in total. The van der Waals surface area contributed by atoms with E-state index in [1.165, 1.54) is 0 Å². The minimum absolute atomic E-state index is 0.602. The Bertz CT molecular complexity index is 564. The van der Waals surface area contributed by atoms with E-state index < -0.39 is 0 Å². The monoisotopic (exact) mass is 259 g/mol. The molecule has 0 unspecified atom stereocenters. The first-order valence-corrected chi connectivity index (χ1v) is 5.98. The summed E-state index contributed by atoms with van der Waals surface area (Å²) < 4.78 is 0. The van der Waals surface area contributed by atoms with Gasteiger partial charge in [-0.2, -0.15) is 5.11 Å². The van der Waals surface area contributed by atoms with E-state index in [9.17, 15) is 0 Å². The molecule has 0 radical (unpaired) electrons. The molecule has 4 heteroatoms. The van der Waals surface area contributed by atoms with Crippen LogP contribution in [-0.2, 0) is 0 Å². The third-order valence-electron chi connectivity index (χ3n) is 2.47. The van der Waals surface area contributed by atoms with Crippen molar-refractivity contribution in [3.8, 4) is 0 Å². The van der Waals surface area contributed by atoms with Crippen molar-refractivity contribution in [1.29, 1.82) is 0 Å². The number of benzene rings is 2. The van der Waals surface area contributed by atoms with Crippen LogP contribution in [0.25, 0.3) is 0 Å². The van der Waals surface area contributed by atoms with Crippen molar-refractivity contribution >= 4 is 28.7 Å². The fraction of sp³-hybridized carbons (Fsp3) is 0.143. The highest BCUT2D eigenvalue weighted by atomic mass is 35.5. The highest BCUT2D eigenvalue weighted by Gasteiger charge is 1.98. The molecule has 2 aromatic carbocycles. The molecule has 0 fully saturated rings. The standard InChI is InChI=1S/C14H14ClN3/c1-18(2)12-7-5-6-11(10-12)16-17-14-9-4-3-8-13(14)15/h3-10H,1-2H3. The van der Waals surface area contributed by atoms with Crippen molar-refractivity contribution in [3.63, 3.8) is 0 Å². The molecule has 0 saturated carbocycles. The van der Waals surface area contributed by atoms with Crippen LogP contribution in [0.15, 0.2) is 58.8 Å². The van der Waals surface area contributed by atoms with Crippen molar-refractivity contribution in [2.45, 2.75) is 0 Å². The molecule has 0 spiro atoms. The lowest BCUT2D eigenvalue weighted by Gasteiger charge is -2.11. The summed E-state index contributed by atoms with van der Waals surface area (Å²) in [4.78, 5) is 2.02. The number of halogens is 1. The van der Waals surface area contributed by atoms with Crippen LogP contribution in [0.5, 0.6) is 0 Å². The molecule has 0 amide bonds. The van der Waals surface area contributed by atoms with Gasteiger partial charge in [0.1, 0.15) is 5.69 Å². The van der Waals surface area contributed by atoms with Gasteiger partial charge in [0.05, 0.1) is 10.7 Å². The lowest BCUT2D eigenvalue weighted by atomic mass is 10.3. The number of hydrogen-bond donors (Lipinski definition) is 0. The maximum Gasteiger partial charge on any atom is 0.104 e. The summed E-state index contributed by atoms with van der Waals surface area (Å²) in [6.07, 6.45) is 0. The molecule has 0 heterocycles. The zero-order valence-electron chi connectivity index (χ0n) is 10.3. The predicted molar refractivity (Wildman–Crippen MR) is 76.4 cm³/mol. The van der Waals surface area contributed by atoms with E-state index in [1.807, 2.05) is 61.5 Å². The van der Waals surface area contributed by atoms with E-state index in [2.05, 4.69) is 10.2 Å². The van der Waals surface area contributed by atoms with Crippen LogP contribution in [0, 0.1) is 0 Å². The second-order valence-electron chi connectivity index (χ2n) is 4.07. The van der Waals surface area contributed by atoms with E-state index in [-0.39, 0.29) is 0 Å². The SMILES string of the molecule is CN(C)c1cccc(N=Nc2ccccc2Cl)c1. The Labute approximate surface area is 112 Å². The quantitative estimate of drug-likeness (QED) is 0.726. The van der Waals surface area contributed by atoms with Crippen molar-refractivity contribution in [2.24, 2.45) is 10.2 Å². The van der Waals surface area contributed by atoms with Crippen molar-refractivity contribution in [1.82, 2.24) is 0 Å². The fourth-order valence-corrected chi connectivity index (χ4v) is 1.65. The van der Waals surface area contributed by atoms with Gasteiger partial charge in [-0.1, -0.05) is 29.8 Å². The van der Waals surface area contributed by atoms with Crippen LogP contribution in [-0.4, -0.2) is 14.1 Å². The topological polar surface area (TPSA) is 28.0 Å². The predicted octanol–water partition coefficient (Wildman–Crippen LogP) is 4.82. The van der Waals surface area contributed by atoms with Crippen LogP contribution >= 0.6 is 11.6 Å². The van der Waals surface area contributed by atoms with Crippen LogP contribution in [0.3, 0.4) is 0 Å². The Morgan fingerprint density at radius 3 is 2.44 bits per heavy atom. The van der Waals surface area contributed by atoms with Crippen LogP contribution in [0.2, 0.25) is 5.02 Å². The first-order chi connectivity index (χ1) is 8.66. The zero-order valence-corrected chi connectivity index (χ0v) is 11.1.